The zero-order chi connectivity index (χ0) is 20.8. The molecular formula is C28H19NO2. The summed E-state index contributed by atoms with van der Waals surface area (Å²) in [6, 6.07) is 34.5. The highest BCUT2D eigenvalue weighted by Gasteiger charge is 2.35. The molecule has 31 heavy (non-hydrogen) atoms. The van der Waals surface area contributed by atoms with E-state index in [0.29, 0.717) is 11.3 Å². The molecule has 4 aromatic rings. The van der Waals surface area contributed by atoms with E-state index in [1.54, 1.807) is 0 Å². The van der Waals surface area contributed by atoms with Gasteiger partial charge in [0.15, 0.2) is 0 Å². The second-order valence-corrected chi connectivity index (χ2v) is 7.76. The number of esters is 1. The number of hydrogen-bond acceptors (Lipinski definition) is 3. The van der Waals surface area contributed by atoms with Crippen LogP contribution in [-0.2, 0) is 4.74 Å². The Hall–Kier alpha value is -4.11. The van der Waals surface area contributed by atoms with E-state index in [2.05, 4.69) is 53.8 Å². The lowest BCUT2D eigenvalue weighted by Gasteiger charge is -2.32. The highest BCUT2D eigenvalue weighted by atomic mass is 16.5. The molecule has 0 bridgehead atoms. The lowest BCUT2D eigenvalue weighted by molar-refractivity contribution is 0.0716. The van der Waals surface area contributed by atoms with Crippen molar-refractivity contribution in [2.75, 3.05) is 5.32 Å². The van der Waals surface area contributed by atoms with Crippen molar-refractivity contribution in [3.63, 3.8) is 0 Å². The molecule has 3 nitrogen and oxygen atoms in total. The number of benzene rings is 4. The van der Waals surface area contributed by atoms with Crippen LogP contribution in [0.25, 0.3) is 11.3 Å². The summed E-state index contributed by atoms with van der Waals surface area (Å²) in [5.74, 6) is 0.344. The monoisotopic (exact) mass is 401 g/mol. The molecular weight excluding hydrogens is 382 g/mol. The number of carbonyl (C=O) groups excluding carboxylic acids is 1. The second-order valence-electron chi connectivity index (χ2n) is 7.76. The molecule has 4 aromatic carbocycles. The minimum atomic E-state index is -0.294. The third-order valence-electron chi connectivity index (χ3n) is 5.98. The summed E-state index contributed by atoms with van der Waals surface area (Å²) in [6.45, 7) is 0. The van der Waals surface area contributed by atoms with Gasteiger partial charge in [-0.1, -0.05) is 84.9 Å². The topological polar surface area (TPSA) is 38.3 Å². The quantitative estimate of drug-likeness (QED) is 0.401. The highest BCUT2D eigenvalue weighted by Crippen LogP contribution is 2.47. The summed E-state index contributed by atoms with van der Waals surface area (Å²) < 4.78 is 5.86. The van der Waals surface area contributed by atoms with Crippen molar-refractivity contribution in [3.05, 3.63) is 137 Å². The molecule has 3 heteroatoms. The van der Waals surface area contributed by atoms with Crippen LogP contribution < -0.4 is 5.32 Å². The number of nitrogens with one attached hydrogen (secondary N) is 1. The van der Waals surface area contributed by atoms with E-state index < -0.39 is 0 Å². The van der Waals surface area contributed by atoms with E-state index in [1.807, 2.05) is 54.6 Å². The third kappa shape index (κ3) is 2.78. The van der Waals surface area contributed by atoms with Crippen LogP contribution in [-0.4, -0.2) is 5.97 Å². The van der Waals surface area contributed by atoms with Gasteiger partial charge in [0.25, 0.3) is 0 Å². The Balaban J connectivity index is 1.62. The molecule has 0 saturated heterocycles. The number of fused-ring (bicyclic) bond motifs is 3. The molecule has 1 aliphatic heterocycles. The number of hydrogen-bond donors (Lipinski definition) is 1. The molecule has 1 aliphatic carbocycles. The number of para-hydroxylation sites is 1. The van der Waals surface area contributed by atoms with Crippen LogP contribution in [0, 0.1) is 0 Å². The zero-order valence-corrected chi connectivity index (χ0v) is 16.7. The summed E-state index contributed by atoms with van der Waals surface area (Å²) in [7, 11) is 0. The standard InChI is InChI=1S/C28H19NO2/c30-28-24-17-9-8-16-23(24)27(31-28)25-19-12-4-6-14-21(19)26(22-15-7-5-13-20(22)25)29-18-10-2-1-3-11-18/h1-17,26,29H. The van der Waals surface area contributed by atoms with E-state index in [-0.39, 0.29) is 12.0 Å². The van der Waals surface area contributed by atoms with Crippen LogP contribution >= 0.6 is 0 Å². The van der Waals surface area contributed by atoms with Gasteiger partial charge in [0.2, 0.25) is 0 Å². The maximum absolute atomic E-state index is 12.6. The fraction of sp³-hybridized carbons (Fsp3) is 0.0357. The molecule has 0 fully saturated rings. The first kappa shape index (κ1) is 17.7. The number of rotatable bonds is 2. The van der Waals surface area contributed by atoms with Crippen molar-refractivity contribution >= 4 is 23.0 Å². The SMILES string of the molecule is O=C1OC(=C2c3ccccc3C(Nc3ccccc3)c3ccccc32)c2ccccc21. The summed E-state index contributed by atoms with van der Waals surface area (Å²) in [4.78, 5) is 12.6. The average Bonchev–Trinajstić information content (AvgIpc) is 3.16. The molecule has 0 radical (unpaired) electrons. The molecule has 148 valence electrons. The van der Waals surface area contributed by atoms with E-state index in [0.717, 1.165) is 39.1 Å². The van der Waals surface area contributed by atoms with Crippen molar-refractivity contribution in [1.82, 2.24) is 0 Å². The number of carbonyl (C=O) groups is 1. The summed E-state index contributed by atoms with van der Waals surface area (Å²) >= 11 is 0. The van der Waals surface area contributed by atoms with Crippen LogP contribution in [0.2, 0.25) is 0 Å². The van der Waals surface area contributed by atoms with Gasteiger partial charge in [-0.3, -0.25) is 0 Å². The minimum absolute atomic E-state index is 0.00787. The lowest BCUT2D eigenvalue weighted by atomic mass is 9.78. The molecule has 2 aliphatic rings. The van der Waals surface area contributed by atoms with Gasteiger partial charge in [-0.2, -0.15) is 0 Å². The first-order valence-corrected chi connectivity index (χ1v) is 10.4. The largest absolute Gasteiger partial charge is 0.422 e. The van der Waals surface area contributed by atoms with Crippen LogP contribution in [0.4, 0.5) is 5.69 Å². The minimum Gasteiger partial charge on any atom is -0.422 e. The van der Waals surface area contributed by atoms with Crippen molar-refractivity contribution in [3.8, 4) is 0 Å². The van der Waals surface area contributed by atoms with Gasteiger partial charge < -0.3 is 10.1 Å². The van der Waals surface area contributed by atoms with Crippen molar-refractivity contribution in [1.29, 1.82) is 0 Å². The maximum atomic E-state index is 12.6. The van der Waals surface area contributed by atoms with Crippen molar-refractivity contribution in [2.45, 2.75) is 6.04 Å². The van der Waals surface area contributed by atoms with E-state index >= 15 is 0 Å². The van der Waals surface area contributed by atoms with Gasteiger partial charge in [0.05, 0.1) is 11.6 Å². The molecule has 0 unspecified atom stereocenters. The molecule has 0 amide bonds. The van der Waals surface area contributed by atoms with Gasteiger partial charge >= 0.3 is 5.97 Å². The van der Waals surface area contributed by atoms with Gasteiger partial charge in [0.1, 0.15) is 5.76 Å². The van der Waals surface area contributed by atoms with Gasteiger partial charge in [-0.15, -0.1) is 0 Å². The number of cyclic esters (lactones) is 1. The van der Waals surface area contributed by atoms with E-state index in [1.165, 1.54) is 0 Å². The van der Waals surface area contributed by atoms with Crippen LogP contribution in [0.1, 0.15) is 44.2 Å². The molecule has 0 spiro atoms. The van der Waals surface area contributed by atoms with Gasteiger partial charge in [-0.05, 0) is 40.5 Å². The molecule has 0 atom stereocenters. The first-order valence-electron chi connectivity index (χ1n) is 10.4. The van der Waals surface area contributed by atoms with Crippen LogP contribution in [0.15, 0.2) is 103 Å². The van der Waals surface area contributed by atoms with Crippen molar-refractivity contribution in [2.24, 2.45) is 0 Å². The molecule has 0 aromatic heterocycles. The van der Waals surface area contributed by atoms with Gasteiger partial charge in [-0.25, -0.2) is 4.79 Å². The molecule has 6 rings (SSSR count). The molecule has 0 saturated carbocycles. The Labute approximate surface area is 180 Å². The summed E-state index contributed by atoms with van der Waals surface area (Å²) in [5.41, 5.74) is 7.97. The zero-order valence-electron chi connectivity index (χ0n) is 16.7. The Bertz CT molecular complexity index is 1300. The average molecular weight is 401 g/mol. The normalized spacial score (nSPS) is 16.3. The van der Waals surface area contributed by atoms with Crippen molar-refractivity contribution < 1.29 is 9.53 Å². The summed E-state index contributed by atoms with van der Waals surface area (Å²) in [5, 5.41) is 3.70. The third-order valence-corrected chi connectivity index (χ3v) is 5.98. The Kier molecular flexibility index (Phi) is 4.00. The highest BCUT2D eigenvalue weighted by molar-refractivity contribution is 6.11. The Morgan fingerprint density at radius 3 is 1.74 bits per heavy atom. The second kappa shape index (κ2) is 6.99. The number of ether oxygens (including phenoxy) is 1. The van der Waals surface area contributed by atoms with E-state index in [4.69, 9.17) is 4.74 Å². The Morgan fingerprint density at radius 2 is 1.10 bits per heavy atom. The van der Waals surface area contributed by atoms with Crippen LogP contribution in [0.3, 0.4) is 0 Å². The predicted molar refractivity (Wildman–Crippen MR) is 123 cm³/mol. The molecule has 1 N–H and O–H groups in total. The Morgan fingerprint density at radius 1 is 0.581 bits per heavy atom. The first-order chi connectivity index (χ1) is 15.3. The van der Waals surface area contributed by atoms with E-state index in [9.17, 15) is 4.79 Å². The predicted octanol–water partition coefficient (Wildman–Crippen LogP) is 6.29. The van der Waals surface area contributed by atoms with Crippen LogP contribution in [0.5, 0.6) is 0 Å². The lowest BCUT2D eigenvalue weighted by Crippen LogP contribution is -2.20. The number of anilines is 1. The fourth-order valence-corrected chi connectivity index (χ4v) is 4.61. The summed E-state index contributed by atoms with van der Waals surface area (Å²) in [6.07, 6.45) is 0. The van der Waals surface area contributed by atoms with Gasteiger partial charge in [0, 0.05) is 16.8 Å². The fourth-order valence-electron chi connectivity index (χ4n) is 4.61. The maximum Gasteiger partial charge on any atom is 0.344 e. The molecule has 1 heterocycles. The smallest absolute Gasteiger partial charge is 0.344 e.